The van der Waals surface area contributed by atoms with E-state index in [4.69, 9.17) is 39.3 Å². The number of nitrogens with zero attached hydrogens (tertiary/aromatic N) is 3. The van der Waals surface area contributed by atoms with Gasteiger partial charge in [0.1, 0.15) is 10.8 Å². The maximum absolute atomic E-state index is 12.7. The van der Waals surface area contributed by atoms with Gasteiger partial charge in [-0.05, 0) is 30.9 Å². The smallest absolute Gasteiger partial charge is 0.279 e. The van der Waals surface area contributed by atoms with E-state index in [9.17, 15) is 4.79 Å². The summed E-state index contributed by atoms with van der Waals surface area (Å²) >= 11 is 18.7. The second kappa shape index (κ2) is 7.78. The number of carbonyl (C=O) groups excluding carboxylic acids is 1. The van der Waals surface area contributed by atoms with Gasteiger partial charge < -0.3 is 9.84 Å². The third kappa shape index (κ3) is 3.77. The molecule has 3 aromatic rings. The quantitative estimate of drug-likeness (QED) is 0.602. The molecule has 6 nitrogen and oxygen atoms in total. The zero-order chi connectivity index (χ0) is 19.8. The van der Waals surface area contributed by atoms with Gasteiger partial charge in [0.05, 0.1) is 6.54 Å². The molecule has 1 N–H and O–H groups in total. The summed E-state index contributed by atoms with van der Waals surface area (Å²) in [6.45, 7) is 2.47. The first-order chi connectivity index (χ1) is 13.4. The lowest BCUT2D eigenvalue weighted by Gasteiger charge is -2.16. The lowest BCUT2D eigenvalue weighted by Crippen LogP contribution is -2.18. The number of fused-ring (bicyclic) bond motifs is 1. The van der Waals surface area contributed by atoms with Gasteiger partial charge in [-0.15, -0.1) is 0 Å². The first-order valence-corrected chi connectivity index (χ1v) is 10.0. The van der Waals surface area contributed by atoms with E-state index >= 15 is 0 Å². The van der Waals surface area contributed by atoms with Crippen molar-refractivity contribution in [1.82, 2.24) is 14.9 Å². The topological polar surface area (TPSA) is 73.0 Å². The normalized spacial score (nSPS) is 16.1. The van der Waals surface area contributed by atoms with Gasteiger partial charge in [0, 0.05) is 33.8 Å². The molecule has 0 aliphatic heterocycles. The SMILES string of the molecule is CC1CCc2onc(C(=O)Nc3nn(Cc4c(Cl)cccc4Cl)cc3Cl)c2C1. The van der Waals surface area contributed by atoms with Gasteiger partial charge in [0.2, 0.25) is 0 Å². The minimum absolute atomic E-state index is 0.246. The number of carbonyl (C=O) groups is 1. The molecule has 0 saturated heterocycles. The summed E-state index contributed by atoms with van der Waals surface area (Å²) < 4.78 is 6.91. The Morgan fingerprint density at radius 2 is 2.04 bits per heavy atom. The van der Waals surface area contributed by atoms with Crippen LogP contribution in [-0.2, 0) is 19.4 Å². The Morgan fingerprint density at radius 3 is 2.79 bits per heavy atom. The molecule has 28 heavy (non-hydrogen) atoms. The first kappa shape index (κ1) is 19.3. The lowest BCUT2D eigenvalue weighted by atomic mass is 9.88. The number of hydrogen-bond donors (Lipinski definition) is 1. The zero-order valence-electron chi connectivity index (χ0n) is 15.0. The van der Waals surface area contributed by atoms with E-state index in [0.29, 0.717) is 33.2 Å². The van der Waals surface area contributed by atoms with Crippen LogP contribution in [0, 0.1) is 5.92 Å². The zero-order valence-corrected chi connectivity index (χ0v) is 17.3. The Balaban J connectivity index is 1.53. The third-order valence-corrected chi connectivity index (χ3v) is 5.82. The molecule has 0 saturated carbocycles. The Labute approximate surface area is 176 Å². The maximum Gasteiger partial charge on any atom is 0.279 e. The fraction of sp³-hybridized carbons (Fsp3) is 0.316. The van der Waals surface area contributed by atoms with Crippen molar-refractivity contribution in [1.29, 1.82) is 0 Å². The molecule has 1 aliphatic rings. The van der Waals surface area contributed by atoms with Crippen molar-refractivity contribution in [3.63, 3.8) is 0 Å². The third-order valence-electron chi connectivity index (χ3n) is 4.83. The second-order valence-electron chi connectivity index (χ2n) is 6.96. The van der Waals surface area contributed by atoms with E-state index in [0.717, 1.165) is 36.1 Å². The summed E-state index contributed by atoms with van der Waals surface area (Å²) in [4.78, 5) is 12.7. The summed E-state index contributed by atoms with van der Waals surface area (Å²) in [6.07, 6.45) is 4.21. The number of hydrogen-bond acceptors (Lipinski definition) is 4. The highest BCUT2D eigenvalue weighted by Gasteiger charge is 2.27. The highest BCUT2D eigenvalue weighted by Crippen LogP contribution is 2.30. The van der Waals surface area contributed by atoms with Crippen molar-refractivity contribution in [3.05, 3.63) is 62.0 Å². The van der Waals surface area contributed by atoms with Gasteiger partial charge in [-0.25, -0.2) is 0 Å². The molecule has 0 spiro atoms. The number of aryl methyl sites for hydroxylation is 1. The molecule has 146 valence electrons. The highest BCUT2D eigenvalue weighted by atomic mass is 35.5. The minimum Gasteiger partial charge on any atom is -0.360 e. The largest absolute Gasteiger partial charge is 0.360 e. The molecule has 1 aromatic carbocycles. The number of benzene rings is 1. The summed E-state index contributed by atoms with van der Waals surface area (Å²) in [5, 5.41) is 12.4. The predicted molar refractivity (Wildman–Crippen MR) is 108 cm³/mol. The average Bonchev–Trinajstić information content (AvgIpc) is 3.21. The van der Waals surface area contributed by atoms with Crippen LogP contribution in [0.3, 0.4) is 0 Å². The van der Waals surface area contributed by atoms with Crippen LogP contribution in [0.4, 0.5) is 5.82 Å². The van der Waals surface area contributed by atoms with E-state index < -0.39 is 0 Å². The molecular weight excluding hydrogens is 423 g/mol. The Hall–Kier alpha value is -2.02. The van der Waals surface area contributed by atoms with Crippen molar-refractivity contribution >= 4 is 46.5 Å². The van der Waals surface area contributed by atoms with Crippen molar-refractivity contribution in [2.45, 2.75) is 32.7 Å². The fourth-order valence-corrected chi connectivity index (χ4v) is 4.05. The summed E-state index contributed by atoms with van der Waals surface area (Å²) in [5.74, 6) is 1.13. The van der Waals surface area contributed by atoms with Crippen LogP contribution in [0.15, 0.2) is 28.9 Å². The predicted octanol–water partition coefficient (Wildman–Crippen LogP) is 5.26. The summed E-state index contributed by atoms with van der Waals surface area (Å²) in [6, 6.07) is 5.28. The van der Waals surface area contributed by atoms with Crippen molar-refractivity contribution in [3.8, 4) is 0 Å². The molecule has 1 atom stereocenters. The van der Waals surface area contributed by atoms with Crippen molar-refractivity contribution in [2.75, 3.05) is 5.32 Å². The Bertz CT molecular complexity index is 1020. The van der Waals surface area contributed by atoms with Gasteiger partial charge >= 0.3 is 0 Å². The van der Waals surface area contributed by atoms with Crippen LogP contribution in [0.25, 0.3) is 0 Å². The van der Waals surface area contributed by atoms with Gasteiger partial charge in [0.25, 0.3) is 5.91 Å². The molecule has 2 heterocycles. The number of anilines is 1. The molecule has 4 rings (SSSR count). The molecular formula is C19H17Cl3N4O2. The van der Waals surface area contributed by atoms with E-state index in [1.165, 1.54) is 0 Å². The molecule has 0 fully saturated rings. The van der Waals surface area contributed by atoms with E-state index in [1.54, 1.807) is 29.1 Å². The molecule has 1 amide bonds. The number of amides is 1. The van der Waals surface area contributed by atoms with E-state index in [2.05, 4.69) is 22.5 Å². The standard InChI is InChI=1S/C19H17Cl3N4O2/c1-10-5-6-16-11(7-10)17(25-28-16)19(27)23-18-15(22)9-26(24-18)8-12-13(20)3-2-4-14(12)21/h2-4,9-10H,5-8H2,1H3,(H,23,24,27). The molecule has 2 aromatic heterocycles. The maximum atomic E-state index is 12.7. The van der Waals surface area contributed by atoms with E-state index in [1.807, 2.05) is 0 Å². The summed E-state index contributed by atoms with van der Waals surface area (Å²) in [7, 11) is 0. The monoisotopic (exact) mass is 438 g/mol. The first-order valence-electron chi connectivity index (χ1n) is 8.87. The van der Waals surface area contributed by atoms with Crippen LogP contribution in [-0.4, -0.2) is 20.8 Å². The summed E-state index contributed by atoms with van der Waals surface area (Å²) in [5.41, 5.74) is 1.89. The molecule has 0 bridgehead atoms. The molecule has 0 radical (unpaired) electrons. The Kier molecular flexibility index (Phi) is 5.36. The second-order valence-corrected chi connectivity index (χ2v) is 8.18. The number of halogens is 3. The van der Waals surface area contributed by atoms with Crippen molar-refractivity contribution in [2.24, 2.45) is 5.92 Å². The molecule has 9 heteroatoms. The number of nitrogens with one attached hydrogen (secondary N) is 1. The molecule has 1 unspecified atom stereocenters. The highest BCUT2D eigenvalue weighted by molar-refractivity contribution is 6.36. The van der Waals surface area contributed by atoms with Gasteiger partial charge in [-0.2, -0.15) is 5.10 Å². The minimum atomic E-state index is -0.387. The lowest BCUT2D eigenvalue weighted by molar-refractivity contribution is 0.101. The van der Waals surface area contributed by atoms with Gasteiger partial charge in [0.15, 0.2) is 11.5 Å². The van der Waals surface area contributed by atoms with Gasteiger partial charge in [-0.3, -0.25) is 9.48 Å². The van der Waals surface area contributed by atoms with Crippen LogP contribution >= 0.6 is 34.8 Å². The fourth-order valence-electron chi connectivity index (χ4n) is 3.33. The van der Waals surface area contributed by atoms with Gasteiger partial charge in [-0.1, -0.05) is 52.9 Å². The van der Waals surface area contributed by atoms with Crippen LogP contribution in [0.1, 0.15) is 40.7 Å². The Morgan fingerprint density at radius 1 is 1.29 bits per heavy atom. The van der Waals surface area contributed by atoms with Crippen LogP contribution < -0.4 is 5.32 Å². The van der Waals surface area contributed by atoms with Crippen LogP contribution in [0.5, 0.6) is 0 Å². The number of aromatic nitrogens is 3. The molecule has 1 aliphatic carbocycles. The van der Waals surface area contributed by atoms with E-state index in [-0.39, 0.29) is 11.7 Å². The van der Waals surface area contributed by atoms with Crippen molar-refractivity contribution < 1.29 is 9.32 Å². The van der Waals surface area contributed by atoms with Crippen LogP contribution in [0.2, 0.25) is 15.1 Å². The average molecular weight is 440 g/mol. The number of rotatable bonds is 4.